The van der Waals surface area contributed by atoms with E-state index in [0.29, 0.717) is 23.7 Å². The summed E-state index contributed by atoms with van der Waals surface area (Å²) < 4.78 is 12.3. The van der Waals surface area contributed by atoms with Crippen molar-refractivity contribution < 1.29 is 19.1 Å². The molecule has 10 unspecified atom stereocenters. The van der Waals surface area contributed by atoms with Gasteiger partial charge in [-0.2, -0.15) is 0 Å². The second-order valence-corrected chi connectivity index (χ2v) is 13.1. The van der Waals surface area contributed by atoms with Crippen molar-refractivity contribution in [3.8, 4) is 0 Å². The molecule has 0 aromatic heterocycles. The number of fused-ring (bicyclic) bond motifs is 2. The number of nitrogens with one attached hydrogen (secondary N) is 2. The molecular formula is C33H34N2O4. The van der Waals surface area contributed by atoms with E-state index in [1.54, 1.807) is 0 Å². The highest BCUT2D eigenvalue weighted by atomic mass is 16.6. The fourth-order valence-corrected chi connectivity index (χ4v) is 12.2. The topological polar surface area (TPSA) is 76.7 Å². The maximum Gasteiger partial charge on any atom is 0.332 e. The maximum absolute atomic E-state index is 13.0. The minimum atomic E-state index is -0.476. The maximum atomic E-state index is 13.0. The second-order valence-electron chi connectivity index (χ2n) is 13.1. The van der Waals surface area contributed by atoms with Crippen molar-refractivity contribution in [2.24, 2.45) is 40.9 Å². The summed E-state index contributed by atoms with van der Waals surface area (Å²) in [6.07, 6.45) is 6.56. The number of hydrogen-bond acceptors (Lipinski definition) is 6. The fourth-order valence-electron chi connectivity index (χ4n) is 12.2. The molecule has 2 N–H and O–H groups in total. The number of esters is 2. The number of ether oxygens (including phenoxy) is 2. The third-order valence-electron chi connectivity index (χ3n) is 12.6. The minimum absolute atomic E-state index is 0.0695. The van der Waals surface area contributed by atoms with E-state index in [9.17, 15) is 9.59 Å². The van der Waals surface area contributed by atoms with E-state index in [2.05, 4.69) is 71.3 Å². The third kappa shape index (κ3) is 2.49. The molecule has 6 nitrogen and oxygen atoms in total. The van der Waals surface area contributed by atoms with Gasteiger partial charge in [0.1, 0.15) is 0 Å². The van der Waals surface area contributed by atoms with Gasteiger partial charge in [0, 0.05) is 47.9 Å². The van der Waals surface area contributed by atoms with Gasteiger partial charge in [0.2, 0.25) is 0 Å². The Morgan fingerprint density at radius 3 is 1.49 bits per heavy atom. The number of hydrogen-bond donors (Lipinski definition) is 2. The van der Waals surface area contributed by atoms with E-state index in [4.69, 9.17) is 9.47 Å². The zero-order valence-corrected chi connectivity index (χ0v) is 21.9. The summed E-state index contributed by atoms with van der Waals surface area (Å²) in [5.41, 5.74) is 2.78. The molecule has 200 valence electrons. The smallest absolute Gasteiger partial charge is 0.332 e. The first kappa shape index (κ1) is 22.8. The lowest BCUT2D eigenvalue weighted by Gasteiger charge is -2.44. The fraction of sp³-hybridized carbons (Fsp3) is 0.515. The van der Waals surface area contributed by atoms with Crippen molar-refractivity contribution in [1.29, 1.82) is 0 Å². The number of benzene rings is 2. The Morgan fingerprint density at radius 1 is 0.615 bits per heavy atom. The van der Waals surface area contributed by atoms with Crippen LogP contribution in [-0.4, -0.2) is 37.5 Å². The zero-order chi connectivity index (χ0) is 26.0. The first-order valence-corrected chi connectivity index (χ1v) is 14.8. The van der Waals surface area contributed by atoms with Crippen LogP contribution >= 0.6 is 0 Å². The summed E-state index contributed by atoms with van der Waals surface area (Å²) >= 11 is 0. The molecule has 3 heterocycles. The van der Waals surface area contributed by atoms with E-state index >= 15 is 0 Å². The van der Waals surface area contributed by atoms with Crippen molar-refractivity contribution in [2.75, 3.05) is 13.1 Å². The quantitative estimate of drug-likeness (QED) is 0.587. The molecule has 7 bridgehead atoms. The monoisotopic (exact) mass is 522 g/mol. The summed E-state index contributed by atoms with van der Waals surface area (Å²) in [5.74, 6) is 1.39. The van der Waals surface area contributed by atoms with Gasteiger partial charge in [-0.15, -0.1) is 0 Å². The van der Waals surface area contributed by atoms with Gasteiger partial charge in [-0.3, -0.25) is 10.6 Å². The molecule has 0 radical (unpaired) electrons. The molecule has 6 heteroatoms. The van der Waals surface area contributed by atoms with Gasteiger partial charge in [0.25, 0.3) is 0 Å². The van der Waals surface area contributed by atoms with E-state index in [-0.39, 0.29) is 40.5 Å². The molecule has 6 fully saturated rings. The Hall–Kier alpha value is -2.96. The summed E-state index contributed by atoms with van der Waals surface area (Å²) in [6, 6.07) is 22.1. The van der Waals surface area contributed by atoms with Crippen molar-refractivity contribution in [3.05, 3.63) is 83.9 Å². The molecule has 4 aliphatic carbocycles. The Balaban J connectivity index is 1.31. The predicted molar refractivity (Wildman–Crippen MR) is 143 cm³/mol. The van der Waals surface area contributed by atoms with E-state index in [1.165, 1.54) is 49.0 Å². The Kier molecular flexibility index (Phi) is 4.45. The average molecular weight is 523 g/mol. The van der Waals surface area contributed by atoms with Gasteiger partial charge in [0.05, 0.1) is 0 Å². The normalized spacial score (nSPS) is 49.2. The molecule has 4 saturated carbocycles. The zero-order valence-electron chi connectivity index (χ0n) is 21.9. The molecule has 7 aliphatic rings. The van der Waals surface area contributed by atoms with Crippen molar-refractivity contribution in [2.45, 2.75) is 49.0 Å². The number of carbonyl (C=O) groups excluding carboxylic acids is 2. The highest BCUT2D eigenvalue weighted by Gasteiger charge is 2.86. The van der Waals surface area contributed by atoms with Gasteiger partial charge in [0.15, 0.2) is 12.5 Å². The van der Waals surface area contributed by atoms with Crippen LogP contribution in [0.2, 0.25) is 0 Å². The third-order valence-corrected chi connectivity index (χ3v) is 12.6. The van der Waals surface area contributed by atoms with Crippen LogP contribution in [0.15, 0.2) is 72.8 Å². The first-order valence-electron chi connectivity index (χ1n) is 14.8. The number of carbonyl (C=O) groups is 2. The van der Waals surface area contributed by atoms with Gasteiger partial charge in [-0.1, -0.05) is 60.7 Å². The van der Waals surface area contributed by atoms with E-state index in [1.807, 2.05) is 0 Å². The van der Waals surface area contributed by atoms with Gasteiger partial charge in [-0.25, -0.2) is 9.59 Å². The first-order chi connectivity index (χ1) is 19.1. The van der Waals surface area contributed by atoms with Crippen LogP contribution in [0.3, 0.4) is 0 Å². The van der Waals surface area contributed by atoms with E-state index in [0.717, 1.165) is 13.1 Å². The molecule has 10 atom stereocenters. The lowest BCUT2D eigenvalue weighted by Crippen LogP contribution is -2.46. The predicted octanol–water partition coefficient (Wildman–Crippen LogP) is 3.68. The summed E-state index contributed by atoms with van der Waals surface area (Å²) in [4.78, 5) is 25.9. The van der Waals surface area contributed by atoms with Crippen LogP contribution in [-0.2, 0) is 29.9 Å². The average Bonchev–Trinajstić information content (AvgIpc) is 3.79. The Bertz CT molecular complexity index is 1290. The Labute approximate surface area is 228 Å². The molecule has 9 rings (SSSR count). The molecule has 1 spiro atoms. The van der Waals surface area contributed by atoms with Crippen molar-refractivity contribution in [1.82, 2.24) is 10.6 Å². The van der Waals surface area contributed by atoms with Gasteiger partial charge in [-0.05, 0) is 65.9 Å². The molecule has 2 saturated heterocycles. The SMILES string of the molecule is O=C1/C=C\C(=O)OC2NCC3(c4ccccc4)C2C2CCC3C23C2CCC3C3(c4ccccc4)CNC(O1)C23. The lowest BCUT2D eigenvalue weighted by atomic mass is 9.59. The highest BCUT2D eigenvalue weighted by molar-refractivity contribution is 5.91. The molecule has 2 aromatic rings. The molecular weight excluding hydrogens is 488 g/mol. The molecule has 2 aromatic carbocycles. The van der Waals surface area contributed by atoms with Crippen LogP contribution in [0.4, 0.5) is 0 Å². The summed E-state index contributed by atoms with van der Waals surface area (Å²) in [7, 11) is 0. The van der Waals surface area contributed by atoms with E-state index < -0.39 is 11.9 Å². The van der Waals surface area contributed by atoms with Crippen LogP contribution in [0.1, 0.15) is 36.8 Å². The largest absolute Gasteiger partial charge is 0.443 e. The van der Waals surface area contributed by atoms with Crippen molar-refractivity contribution >= 4 is 11.9 Å². The lowest BCUT2D eigenvalue weighted by molar-refractivity contribution is -0.150. The standard InChI is InChI=1S/C33H34N2O4/c36-25-15-16-26(37)39-30-28-22-12-14-24(32(28,18-35-30)20-9-5-2-6-10-20)33(22)21-11-13-23(33)31(19-7-3-1-4-8-19)17-34-29(38-25)27(21)31/h1-10,15-16,21-24,27-30,34-35H,11-14,17-18H2/b16-15-. The molecule has 0 amide bonds. The van der Waals surface area contributed by atoms with Gasteiger partial charge >= 0.3 is 11.9 Å². The highest BCUT2D eigenvalue weighted by Crippen LogP contribution is 2.85. The van der Waals surface area contributed by atoms with Crippen LogP contribution in [0.5, 0.6) is 0 Å². The van der Waals surface area contributed by atoms with Crippen LogP contribution in [0.25, 0.3) is 0 Å². The minimum Gasteiger partial charge on any atom is -0.443 e. The Morgan fingerprint density at radius 2 is 1.05 bits per heavy atom. The summed E-state index contributed by atoms with van der Waals surface area (Å²) in [6.45, 7) is 1.65. The van der Waals surface area contributed by atoms with Crippen LogP contribution in [0, 0.1) is 40.9 Å². The van der Waals surface area contributed by atoms with Crippen molar-refractivity contribution in [3.63, 3.8) is 0 Å². The second kappa shape index (κ2) is 7.61. The number of rotatable bonds is 2. The van der Waals surface area contributed by atoms with Gasteiger partial charge < -0.3 is 9.47 Å². The molecule has 3 aliphatic heterocycles. The van der Waals surface area contributed by atoms with Crippen LogP contribution < -0.4 is 10.6 Å². The summed E-state index contributed by atoms with van der Waals surface area (Å²) in [5, 5.41) is 7.34. The molecule has 39 heavy (non-hydrogen) atoms.